The molecule has 0 saturated carbocycles. The fraction of sp³-hybridized carbons (Fsp3) is 0.240. The molecule has 32 heavy (non-hydrogen) atoms. The summed E-state index contributed by atoms with van der Waals surface area (Å²) in [6.45, 7) is 1.12. The van der Waals surface area contributed by atoms with Gasteiger partial charge in [0.05, 0.1) is 6.16 Å². The van der Waals surface area contributed by atoms with Crippen LogP contribution in [0, 0.1) is 0 Å². The molecule has 0 saturated heterocycles. The summed E-state index contributed by atoms with van der Waals surface area (Å²) in [6, 6.07) is 33.4. The Morgan fingerprint density at radius 2 is 1.09 bits per heavy atom. The van der Waals surface area contributed by atoms with E-state index >= 15 is 0 Å². The molecule has 0 aliphatic carbocycles. The summed E-state index contributed by atoms with van der Waals surface area (Å²) in [7, 11) is 2.68. The second-order valence-corrected chi connectivity index (χ2v) is 11.1. The number of benzene rings is 3. The van der Waals surface area contributed by atoms with E-state index < -0.39 is 19.4 Å². The van der Waals surface area contributed by atoms with E-state index in [2.05, 4.69) is 110 Å². The van der Waals surface area contributed by atoms with Crippen LogP contribution < -0.4 is 15.9 Å². The Balaban J connectivity index is 0.000000451. The molecule has 0 unspecified atom stereocenters. The molecule has 3 nitrogen and oxygen atoms in total. The summed E-state index contributed by atoms with van der Waals surface area (Å²) in [5, 5.41) is 11.6. The van der Waals surface area contributed by atoms with Gasteiger partial charge in [-0.05, 0) is 56.9 Å². The van der Waals surface area contributed by atoms with Gasteiger partial charge in [0, 0.05) is 6.54 Å². The molecule has 0 bridgehead atoms. The van der Waals surface area contributed by atoms with Gasteiger partial charge in [0.15, 0.2) is 0 Å². The molecule has 0 radical (unpaired) electrons. The minimum atomic E-state index is -5.08. The van der Waals surface area contributed by atoms with Crippen LogP contribution in [0.15, 0.2) is 91.0 Å². The number of hydrogen-bond acceptors (Lipinski definition) is 2. The van der Waals surface area contributed by atoms with Crippen LogP contribution in [-0.2, 0) is 4.79 Å². The minimum absolute atomic E-state index is 1.12. The van der Waals surface area contributed by atoms with Gasteiger partial charge in [0.2, 0.25) is 0 Å². The van der Waals surface area contributed by atoms with Crippen LogP contribution in [0.5, 0.6) is 0 Å². The normalized spacial score (nSPS) is 11.6. The lowest BCUT2D eigenvalue weighted by Gasteiger charge is -2.28. The number of aliphatic carboxylic acids is 1. The highest BCUT2D eigenvalue weighted by Gasteiger charge is 2.44. The van der Waals surface area contributed by atoms with Crippen LogP contribution in [0.25, 0.3) is 0 Å². The lowest BCUT2D eigenvalue weighted by Crippen LogP contribution is -2.34. The van der Waals surface area contributed by atoms with Gasteiger partial charge in [0.25, 0.3) is 0 Å². The highest BCUT2D eigenvalue weighted by molar-refractivity contribution is 7.95. The zero-order chi connectivity index (χ0) is 23.6. The van der Waals surface area contributed by atoms with Crippen molar-refractivity contribution in [2.75, 3.05) is 26.8 Å². The molecule has 3 rings (SSSR count). The molecule has 0 amide bonds. The van der Waals surface area contributed by atoms with Crippen LogP contribution in [0.3, 0.4) is 0 Å². The average Bonchev–Trinajstić information content (AvgIpc) is 2.78. The maximum absolute atomic E-state index is 10.6. The van der Waals surface area contributed by atoms with Crippen molar-refractivity contribution in [1.29, 1.82) is 0 Å². The lowest BCUT2D eigenvalue weighted by atomic mass is 10.3. The molecule has 0 aromatic heterocycles. The van der Waals surface area contributed by atoms with Crippen LogP contribution in [0.2, 0.25) is 0 Å². The highest BCUT2D eigenvalue weighted by Crippen LogP contribution is 2.55. The molecule has 7 heteroatoms. The van der Waals surface area contributed by atoms with Crippen LogP contribution >= 0.6 is 7.26 Å². The SMILES string of the molecule is CN(C)CCC[P+](c1ccccc1)(c1ccccc1)c1ccccc1.O=C(O)C(F)(F)F. The number of nitrogens with zero attached hydrogens (tertiary/aromatic N) is 1. The van der Waals surface area contributed by atoms with Crippen molar-refractivity contribution in [2.24, 2.45) is 0 Å². The summed E-state index contributed by atoms with van der Waals surface area (Å²) < 4.78 is 31.7. The maximum Gasteiger partial charge on any atom is 0.490 e. The van der Waals surface area contributed by atoms with Gasteiger partial charge in [-0.25, -0.2) is 4.79 Å². The van der Waals surface area contributed by atoms with Crippen LogP contribution in [-0.4, -0.2) is 49.0 Å². The van der Waals surface area contributed by atoms with E-state index in [0.29, 0.717) is 0 Å². The van der Waals surface area contributed by atoms with Crippen molar-refractivity contribution < 1.29 is 23.1 Å². The zero-order valence-electron chi connectivity index (χ0n) is 18.2. The molecule has 1 N–H and O–H groups in total. The first-order valence-electron chi connectivity index (χ1n) is 10.2. The van der Waals surface area contributed by atoms with Crippen molar-refractivity contribution >= 4 is 29.1 Å². The number of rotatable bonds is 7. The zero-order valence-corrected chi connectivity index (χ0v) is 19.1. The van der Waals surface area contributed by atoms with E-state index in [1.165, 1.54) is 28.5 Å². The number of carboxylic acids is 1. The van der Waals surface area contributed by atoms with Gasteiger partial charge in [-0.3, -0.25) is 0 Å². The molecule has 0 spiro atoms. The van der Waals surface area contributed by atoms with Gasteiger partial charge in [-0.1, -0.05) is 54.6 Å². The molecule has 170 valence electrons. The van der Waals surface area contributed by atoms with Gasteiger partial charge < -0.3 is 10.0 Å². The lowest BCUT2D eigenvalue weighted by molar-refractivity contribution is -0.192. The first kappa shape index (κ1) is 25.6. The Bertz CT molecular complexity index is 853. The fourth-order valence-electron chi connectivity index (χ4n) is 3.51. The Labute approximate surface area is 187 Å². The van der Waals surface area contributed by atoms with Gasteiger partial charge >= 0.3 is 12.1 Å². The Morgan fingerprint density at radius 1 is 0.781 bits per heavy atom. The number of carbonyl (C=O) groups is 1. The van der Waals surface area contributed by atoms with E-state index in [-0.39, 0.29) is 0 Å². The molecule has 3 aromatic carbocycles. The van der Waals surface area contributed by atoms with Crippen LogP contribution in [0.4, 0.5) is 13.2 Å². The monoisotopic (exact) mass is 462 g/mol. The van der Waals surface area contributed by atoms with Gasteiger partial charge in [-0.15, -0.1) is 0 Å². The van der Waals surface area contributed by atoms with Gasteiger partial charge in [0.1, 0.15) is 23.2 Å². The number of halogens is 3. The summed E-state index contributed by atoms with van der Waals surface area (Å²) in [5.74, 6) is -2.76. The molecule has 0 aliphatic heterocycles. The predicted molar refractivity (Wildman–Crippen MR) is 127 cm³/mol. The number of alkyl halides is 3. The number of hydrogen-bond donors (Lipinski definition) is 1. The van der Waals surface area contributed by atoms with E-state index in [0.717, 1.165) is 6.54 Å². The summed E-state index contributed by atoms with van der Waals surface area (Å²) in [4.78, 5) is 11.2. The molecule has 0 atom stereocenters. The third-order valence-electron chi connectivity index (χ3n) is 4.93. The van der Waals surface area contributed by atoms with E-state index in [1.807, 2.05) is 0 Å². The van der Waals surface area contributed by atoms with Crippen molar-refractivity contribution in [3.05, 3.63) is 91.0 Å². The van der Waals surface area contributed by atoms with Crippen LogP contribution in [0.1, 0.15) is 6.42 Å². The Kier molecular flexibility index (Phi) is 9.42. The second-order valence-electron chi connectivity index (χ2n) is 7.50. The first-order chi connectivity index (χ1) is 15.2. The molecule has 3 aromatic rings. The van der Waals surface area contributed by atoms with E-state index in [4.69, 9.17) is 9.90 Å². The van der Waals surface area contributed by atoms with E-state index in [9.17, 15) is 13.2 Å². The maximum atomic E-state index is 10.6. The topological polar surface area (TPSA) is 40.5 Å². The molecular weight excluding hydrogens is 434 g/mol. The molecular formula is C25H28F3NO2P+. The Morgan fingerprint density at radius 3 is 1.34 bits per heavy atom. The quantitative estimate of drug-likeness (QED) is 0.523. The van der Waals surface area contributed by atoms with Crippen molar-refractivity contribution in [3.8, 4) is 0 Å². The third-order valence-corrected chi connectivity index (χ3v) is 9.46. The van der Waals surface area contributed by atoms with E-state index in [1.54, 1.807) is 0 Å². The summed E-state index contributed by atoms with van der Waals surface area (Å²) in [6.07, 6.45) is -2.69. The van der Waals surface area contributed by atoms with Crippen molar-refractivity contribution in [3.63, 3.8) is 0 Å². The standard InChI is InChI=1S/C23H27NP.C2HF3O2/c1-24(2)19-12-20-25(21-13-6-3-7-14-21,22-15-8-4-9-16-22)23-17-10-5-11-18-23;3-2(4,5)1(6)7/h3-11,13-18H,12,19-20H2,1-2H3;(H,6,7)/q+1;. The molecule has 0 fully saturated rings. The number of carboxylic acid groups (broad SMARTS) is 1. The highest BCUT2D eigenvalue weighted by atomic mass is 31.2. The smallest absolute Gasteiger partial charge is 0.475 e. The van der Waals surface area contributed by atoms with Crippen molar-refractivity contribution in [1.82, 2.24) is 4.90 Å². The Hall–Kier alpha value is -2.69. The second kappa shape index (κ2) is 11.8. The fourth-order valence-corrected chi connectivity index (χ4v) is 7.83. The van der Waals surface area contributed by atoms with Crippen molar-refractivity contribution in [2.45, 2.75) is 12.6 Å². The minimum Gasteiger partial charge on any atom is -0.475 e. The first-order valence-corrected chi connectivity index (χ1v) is 12.1. The predicted octanol–water partition coefficient (Wildman–Crippen LogP) is 4.57. The summed E-state index contributed by atoms with van der Waals surface area (Å²) >= 11 is 0. The molecule has 0 heterocycles. The van der Waals surface area contributed by atoms with Gasteiger partial charge in [-0.2, -0.15) is 13.2 Å². The summed E-state index contributed by atoms with van der Waals surface area (Å²) in [5.41, 5.74) is 0. The average molecular weight is 462 g/mol. The molecule has 0 aliphatic rings. The third kappa shape index (κ3) is 6.91. The largest absolute Gasteiger partial charge is 0.490 e.